The SMILES string of the molecule is c1cnc2[nH]cc(Cc3ccc4nc(NC5CCCCC5)sc4c3)c2c1. The molecule has 1 saturated carbocycles. The number of thiazole rings is 1. The zero-order valence-corrected chi connectivity index (χ0v) is 15.5. The Morgan fingerprint density at radius 2 is 2.08 bits per heavy atom. The van der Waals surface area contributed by atoms with Gasteiger partial charge in [0, 0.05) is 23.8 Å². The molecule has 0 amide bonds. The summed E-state index contributed by atoms with van der Waals surface area (Å²) < 4.78 is 1.26. The van der Waals surface area contributed by atoms with Crippen LogP contribution in [0.4, 0.5) is 5.13 Å². The molecule has 0 spiro atoms. The number of aromatic nitrogens is 3. The summed E-state index contributed by atoms with van der Waals surface area (Å²) in [4.78, 5) is 12.4. The van der Waals surface area contributed by atoms with Crippen molar-refractivity contribution >= 4 is 37.7 Å². The molecule has 4 aromatic rings. The molecule has 0 atom stereocenters. The first kappa shape index (κ1) is 15.8. The highest BCUT2D eigenvalue weighted by molar-refractivity contribution is 7.22. The van der Waals surface area contributed by atoms with Crippen molar-refractivity contribution in [2.75, 3.05) is 5.32 Å². The van der Waals surface area contributed by atoms with E-state index in [4.69, 9.17) is 4.98 Å². The van der Waals surface area contributed by atoms with Crippen LogP contribution in [0.1, 0.15) is 43.2 Å². The quantitative estimate of drug-likeness (QED) is 0.503. The molecule has 5 rings (SSSR count). The molecule has 0 aliphatic heterocycles. The average molecular weight is 363 g/mol. The van der Waals surface area contributed by atoms with E-state index in [0.29, 0.717) is 6.04 Å². The number of H-pyrrole nitrogens is 1. The Labute approximate surface area is 156 Å². The third-order valence-corrected chi connectivity index (χ3v) is 6.27. The molecule has 3 heterocycles. The zero-order chi connectivity index (χ0) is 17.3. The van der Waals surface area contributed by atoms with Gasteiger partial charge in [0.05, 0.1) is 10.2 Å². The summed E-state index contributed by atoms with van der Waals surface area (Å²) in [7, 11) is 0. The minimum Gasteiger partial charge on any atom is -0.359 e. The van der Waals surface area contributed by atoms with Crippen molar-refractivity contribution < 1.29 is 0 Å². The van der Waals surface area contributed by atoms with Gasteiger partial charge in [-0.1, -0.05) is 36.7 Å². The number of rotatable bonds is 4. The Balaban J connectivity index is 1.39. The van der Waals surface area contributed by atoms with Crippen LogP contribution in [0.5, 0.6) is 0 Å². The lowest BCUT2D eigenvalue weighted by molar-refractivity contribution is 0.462. The Bertz CT molecular complexity index is 1040. The predicted molar refractivity (Wildman–Crippen MR) is 109 cm³/mol. The van der Waals surface area contributed by atoms with Gasteiger partial charge in [0.2, 0.25) is 0 Å². The monoisotopic (exact) mass is 362 g/mol. The minimum atomic E-state index is 0.600. The van der Waals surface area contributed by atoms with Crippen molar-refractivity contribution in [3.63, 3.8) is 0 Å². The Morgan fingerprint density at radius 1 is 1.15 bits per heavy atom. The summed E-state index contributed by atoms with van der Waals surface area (Å²) in [5.41, 5.74) is 4.66. The van der Waals surface area contributed by atoms with Crippen molar-refractivity contribution in [1.29, 1.82) is 0 Å². The molecule has 0 bridgehead atoms. The van der Waals surface area contributed by atoms with Crippen LogP contribution >= 0.6 is 11.3 Å². The van der Waals surface area contributed by atoms with E-state index in [2.05, 4.69) is 45.7 Å². The fraction of sp³-hybridized carbons (Fsp3) is 0.333. The van der Waals surface area contributed by atoms with Crippen molar-refractivity contribution in [2.24, 2.45) is 0 Å². The summed E-state index contributed by atoms with van der Waals surface area (Å²) >= 11 is 1.78. The smallest absolute Gasteiger partial charge is 0.184 e. The first-order valence-corrected chi connectivity index (χ1v) is 10.2. The third kappa shape index (κ3) is 3.07. The minimum absolute atomic E-state index is 0.600. The molecule has 132 valence electrons. The summed E-state index contributed by atoms with van der Waals surface area (Å²) in [5.74, 6) is 0. The standard InChI is InChI=1S/C21H22N4S/c1-2-5-16(6-3-1)24-21-25-18-9-8-14(12-19(18)26-21)11-15-13-23-20-17(15)7-4-10-22-20/h4,7-10,12-13,16H,1-3,5-6,11H2,(H,22,23)(H,24,25). The summed E-state index contributed by atoms with van der Waals surface area (Å²) in [6.07, 6.45) is 11.4. The average Bonchev–Trinajstić information content (AvgIpc) is 3.26. The molecule has 4 nitrogen and oxygen atoms in total. The molecule has 0 unspecified atom stereocenters. The second-order valence-electron chi connectivity index (χ2n) is 7.19. The molecule has 0 radical (unpaired) electrons. The molecule has 0 saturated heterocycles. The molecular weight excluding hydrogens is 340 g/mol. The van der Waals surface area contributed by atoms with Crippen LogP contribution in [-0.4, -0.2) is 21.0 Å². The van der Waals surface area contributed by atoms with Crippen LogP contribution in [0.25, 0.3) is 21.3 Å². The van der Waals surface area contributed by atoms with Gasteiger partial charge in [-0.05, 0) is 54.7 Å². The molecule has 2 N–H and O–H groups in total. The van der Waals surface area contributed by atoms with E-state index in [1.54, 1.807) is 11.3 Å². The van der Waals surface area contributed by atoms with E-state index in [1.165, 1.54) is 53.3 Å². The van der Waals surface area contributed by atoms with Gasteiger partial charge in [-0.3, -0.25) is 0 Å². The predicted octanol–water partition coefficient (Wildman–Crippen LogP) is 5.51. The van der Waals surface area contributed by atoms with Gasteiger partial charge in [-0.15, -0.1) is 0 Å². The van der Waals surface area contributed by atoms with Crippen LogP contribution in [0.15, 0.2) is 42.7 Å². The fourth-order valence-corrected chi connectivity index (χ4v) is 4.95. The number of pyridine rings is 1. The number of aromatic amines is 1. The summed E-state index contributed by atoms with van der Waals surface area (Å²) in [6, 6.07) is 11.4. The second-order valence-corrected chi connectivity index (χ2v) is 8.22. The lowest BCUT2D eigenvalue weighted by Gasteiger charge is -2.22. The maximum absolute atomic E-state index is 4.79. The van der Waals surface area contributed by atoms with Crippen LogP contribution in [0.3, 0.4) is 0 Å². The van der Waals surface area contributed by atoms with Gasteiger partial charge >= 0.3 is 0 Å². The zero-order valence-electron chi connectivity index (χ0n) is 14.7. The summed E-state index contributed by atoms with van der Waals surface area (Å²) in [6.45, 7) is 0. The number of fused-ring (bicyclic) bond motifs is 2. The Kier molecular flexibility index (Phi) is 4.09. The van der Waals surface area contributed by atoms with Crippen molar-refractivity contribution in [2.45, 2.75) is 44.6 Å². The van der Waals surface area contributed by atoms with Gasteiger partial charge < -0.3 is 10.3 Å². The van der Waals surface area contributed by atoms with Crippen molar-refractivity contribution in [1.82, 2.24) is 15.0 Å². The van der Waals surface area contributed by atoms with Crippen molar-refractivity contribution in [3.8, 4) is 0 Å². The number of anilines is 1. The van der Waals surface area contributed by atoms with Crippen LogP contribution in [-0.2, 0) is 6.42 Å². The van der Waals surface area contributed by atoms with Crippen LogP contribution < -0.4 is 5.32 Å². The van der Waals surface area contributed by atoms with E-state index in [1.807, 2.05) is 12.3 Å². The molecular formula is C21H22N4S. The third-order valence-electron chi connectivity index (χ3n) is 5.32. The largest absolute Gasteiger partial charge is 0.359 e. The highest BCUT2D eigenvalue weighted by atomic mass is 32.1. The van der Waals surface area contributed by atoms with Gasteiger partial charge in [0.25, 0.3) is 0 Å². The molecule has 1 aliphatic carbocycles. The van der Waals surface area contributed by atoms with E-state index in [0.717, 1.165) is 22.7 Å². The number of nitrogens with one attached hydrogen (secondary N) is 2. The molecule has 3 aromatic heterocycles. The second kappa shape index (κ2) is 6.72. The van der Waals surface area contributed by atoms with E-state index >= 15 is 0 Å². The Morgan fingerprint density at radius 3 is 3.00 bits per heavy atom. The lowest BCUT2D eigenvalue weighted by atomic mass is 9.96. The number of benzene rings is 1. The number of hydrogen-bond donors (Lipinski definition) is 2. The van der Waals surface area contributed by atoms with Gasteiger partial charge in [0.15, 0.2) is 5.13 Å². The number of hydrogen-bond acceptors (Lipinski definition) is 4. The lowest BCUT2D eigenvalue weighted by Crippen LogP contribution is -2.21. The van der Waals surface area contributed by atoms with Gasteiger partial charge in [0.1, 0.15) is 5.65 Å². The van der Waals surface area contributed by atoms with Gasteiger partial charge in [-0.2, -0.15) is 0 Å². The Hall–Kier alpha value is -2.40. The van der Waals surface area contributed by atoms with Crippen LogP contribution in [0, 0.1) is 0 Å². The molecule has 26 heavy (non-hydrogen) atoms. The maximum atomic E-state index is 4.79. The maximum Gasteiger partial charge on any atom is 0.184 e. The molecule has 1 aliphatic rings. The topological polar surface area (TPSA) is 53.6 Å². The van der Waals surface area contributed by atoms with E-state index in [9.17, 15) is 0 Å². The van der Waals surface area contributed by atoms with E-state index in [-0.39, 0.29) is 0 Å². The van der Waals surface area contributed by atoms with Gasteiger partial charge in [-0.25, -0.2) is 9.97 Å². The van der Waals surface area contributed by atoms with E-state index < -0.39 is 0 Å². The molecule has 1 fully saturated rings. The fourth-order valence-electron chi connectivity index (χ4n) is 3.94. The molecule has 1 aromatic carbocycles. The highest BCUT2D eigenvalue weighted by Crippen LogP contribution is 2.30. The number of nitrogens with zero attached hydrogens (tertiary/aromatic N) is 2. The summed E-state index contributed by atoms with van der Waals surface area (Å²) in [5, 5.41) is 5.93. The molecule has 5 heteroatoms. The van der Waals surface area contributed by atoms with Crippen molar-refractivity contribution in [3.05, 3.63) is 53.9 Å². The first-order chi connectivity index (χ1) is 12.8. The normalized spacial score (nSPS) is 15.7. The van der Waals surface area contributed by atoms with Crippen LogP contribution in [0.2, 0.25) is 0 Å². The highest BCUT2D eigenvalue weighted by Gasteiger charge is 2.15. The first-order valence-electron chi connectivity index (χ1n) is 9.42.